The molecule has 1 aliphatic rings. The lowest BCUT2D eigenvalue weighted by atomic mass is 9.58. The second-order valence-corrected chi connectivity index (χ2v) is 4.22. The maximum Gasteiger partial charge on any atom is 0.0641 e. The van der Waals surface area contributed by atoms with Gasteiger partial charge >= 0.3 is 0 Å². The number of hydrogen-bond donors (Lipinski definition) is 2. The molecule has 0 aliphatic heterocycles. The fourth-order valence-corrected chi connectivity index (χ4v) is 1.99. The standard InChI is InChI=1S/C10H18O2/c1-7(5-11)9-4-8(6-12)10(9,2)3/h8,11-12H,4-6H2,1-3H3/b9-7-/t8-/m1/s1. The van der Waals surface area contributed by atoms with Gasteiger partial charge in [-0.1, -0.05) is 19.4 Å². The Morgan fingerprint density at radius 2 is 2.08 bits per heavy atom. The summed E-state index contributed by atoms with van der Waals surface area (Å²) in [4.78, 5) is 0. The van der Waals surface area contributed by atoms with Crippen LogP contribution in [-0.4, -0.2) is 23.4 Å². The van der Waals surface area contributed by atoms with Crippen molar-refractivity contribution < 1.29 is 10.2 Å². The summed E-state index contributed by atoms with van der Waals surface area (Å²) in [7, 11) is 0. The van der Waals surface area contributed by atoms with E-state index in [1.807, 2.05) is 6.92 Å². The van der Waals surface area contributed by atoms with Gasteiger partial charge in [-0.15, -0.1) is 0 Å². The summed E-state index contributed by atoms with van der Waals surface area (Å²) in [5.41, 5.74) is 2.50. The van der Waals surface area contributed by atoms with Crippen LogP contribution in [0.2, 0.25) is 0 Å². The van der Waals surface area contributed by atoms with Crippen molar-refractivity contribution in [2.45, 2.75) is 27.2 Å². The first-order valence-electron chi connectivity index (χ1n) is 4.44. The third-order valence-electron chi connectivity index (χ3n) is 3.22. The van der Waals surface area contributed by atoms with E-state index in [-0.39, 0.29) is 18.6 Å². The molecule has 0 saturated heterocycles. The SMILES string of the molecule is C/C(CO)=C1\C[C@H](CO)C1(C)C. The molecule has 1 rings (SSSR count). The molecule has 0 spiro atoms. The first-order chi connectivity index (χ1) is 5.54. The maximum absolute atomic E-state index is 9.01. The molecule has 0 unspecified atom stereocenters. The summed E-state index contributed by atoms with van der Waals surface area (Å²) in [5.74, 6) is 0.383. The fourth-order valence-electron chi connectivity index (χ4n) is 1.99. The monoisotopic (exact) mass is 170 g/mol. The van der Waals surface area contributed by atoms with Crippen LogP contribution in [0.4, 0.5) is 0 Å². The Morgan fingerprint density at radius 3 is 2.42 bits per heavy atom. The van der Waals surface area contributed by atoms with E-state index in [0.29, 0.717) is 5.92 Å². The number of aliphatic hydroxyl groups excluding tert-OH is 2. The van der Waals surface area contributed by atoms with Crippen LogP contribution in [0.5, 0.6) is 0 Å². The Bertz CT molecular complexity index is 204. The molecule has 1 fully saturated rings. The van der Waals surface area contributed by atoms with Crippen molar-refractivity contribution in [3.63, 3.8) is 0 Å². The van der Waals surface area contributed by atoms with Crippen LogP contribution in [0.15, 0.2) is 11.1 Å². The molecule has 2 nitrogen and oxygen atoms in total. The second-order valence-electron chi connectivity index (χ2n) is 4.22. The molecule has 0 amide bonds. The topological polar surface area (TPSA) is 40.5 Å². The lowest BCUT2D eigenvalue weighted by Crippen LogP contribution is -2.41. The summed E-state index contributed by atoms with van der Waals surface area (Å²) in [5, 5.41) is 17.9. The van der Waals surface area contributed by atoms with Crippen molar-refractivity contribution in [2.75, 3.05) is 13.2 Å². The van der Waals surface area contributed by atoms with E-state index >= 15 is 0 Å². The number of hydrogen-bond acceptors (Lipinski definition) is 2. The van der Waals surface area contributed by atoms with Gasteiger partial charge < -0.3 is 10.2 Å². The van der Waals surface area contributed by atoms with E-state index in [0.717, 1.165) is 12.0 Å². The van der Waals surface area contributed by atoms with E-state index < -0.39 is 0 Å². The van der Waals surface area contributed by atoms with Crippen LogP contribution in [0.1, 0.15) is 27.2 Å². The molecule has 0 heterocycles. The first kappa shape index (κ1) is 9.75. The minimum Gasteiger partial charge on any atom is -0.396 e. The Hall–Kier alpha value is -0.340. The highest BCUT2D eigenvalue weighted by Gasteiger charge is 2.43. The van der Waals surface area contributed by atoms with Gasteiger partial charge in [0, 0.05) is 6.61 Å². The molecular weight excluding hydrogens is 152 g/mol. The lowest BCUT2D eigenvalue weighted by Gasteiger charge is -2.48. The minimum absolute atomic E-state index is 0.0988. The highest BCUT2D eigenvalue weighted by atomic mass is 16.3. The van der Waals surface area contributed by atoms with E-state index in [4.69, 9.17) is 10.2 Å². The molecule has 1 atom stereocenters. The van der Waals surface area contributed by atoms with Crippen LogP contribution in [0.25, 0.3) is 0 Å². The van der Waals surface area contributed by atoms with Crippen LogP contribution in [0, 0.1) is 11.3 Å². The molecule has 0 aromatic carbocycles. The largest absolute Gasteiger partial charge is 0.396 e. The maximum atomic E-state index is 9.01. The van der Waals surface area contributed by atoms with E-state index in [1.54, 1.807) is 0 Å². The predicted octanol–water partition coefficient (Wildman–Crippen LogP) is 1.33. The molecule has 1 aliphatic carbocycles. The molecular formula is C10H18O2. The molecule has 0 radical (unpaired) electrons. The summed E-state index contributed by atoms with van der Waals surface area (Å²) in [6.07, 6.45) is 0.954. The van der Waals surface area contributed by atoms with E-state index in [9.17, 15) is 0 Å². The molecule has 1 saturated carbocycles. The molecule has 0 aromatic rings. The predicted molar refractivity (Wildman–Crippen MR) is 48.8 cm³/mol. The summed E-state index contributed by atoms with van der Waals surface area (Å²) in [6.45, 7) is 6.63. The van der Waals surface area contributed by atoms with Crippen LogP contribution >= 0.6 is 0 Å². The highest BCUT2D eigenvalue weighted by Crippen LogP contribution is 2.51. The summed E-state index contributed by atoms with van der Waals surface area (Å²) < 4.78 is 0. The Labute approximate surface area is 73.9 Å². The van der Waals surface area contributed by atoms with Gasteiger partial charge in [-0.05, 0) is 30.3 Å². The summed E-state index contributed by atoms with van der Waals surface area (Å²) in [6, 6.07) is 0. The van der Waals surface area contributed by atoms with Gasteiger partial charge in [-0.2, -0.15) is 0 Å². The average Bonchev–Trinajstić information content (AvgIpc) is 2.03. The van der Waals surface area contributed by atoms with Crippen LogP contribution in [0.3, 0.4) is 0 Å². The molecule has 2 heteroatoms. The van der Waals surface area contributed by atoms with E-state index in [1.165, 1.54) is 5.57 Å². The smallest absolute Gasteiger partial charge is 0.0641 e. The Morgan fingerprint density at radius 1 is 1.50 bits per heavy atom. The Balaban J connectivity index is 2.77. The van der Waals surface area contributed by atoms with Crippen molar-refractivity contribution in [1.82, 2.24) is 0 Å². The van der Waals surface area contributed by atoms with Gasteiger partial charge in [-0.25, -0.2) is 0 Å². The normalized spacial score (nSPS) is 31.2. The third kappa shape index (κ3) is 1.29. The van der Waals surface area contributed by atoms with Crippen LogP contribution in [-0.2, 0) is 0 Å². The molecule has 0 aromatic heterocycles. The van der Waals surface area contributed by atoms with Gasteiger partial charge in [0.25, 0.3) is 0 Å². The van der Waals surface area contributed by atoms with E-state index in [2.05, 4.69) is 13.8 Å². The minimum atomic E-state index is 0.0988. The second kappa shape index (κ2) is 3.19. The quantitative estimate of drug-likeness (QED) is 0.614. The zero-order chi connectivity index (χ0) is 9.35. The lowest BCUT2D eigenvalue weighted by molar-refractivity contribution is 0.0817. The molecule has 0 bridgehead atoms. The molecule has 2 N–H and O–H groups in total. The zero-order valence-corrected chi connectivity index (χ0v) is 8.09. The number of aliphatic hydroxyl groups is 2. The number of allylic oxidation sites excluding steroid dienone is 1. The third-order valence-corrected chi connectivity index (χ3v) is 3.22. The fraction of sp³-hybridized carbons (Fsp3) is 0.800. The zero-order valence-electron chi connectivity index (χ0n) is 8.09. The van der Waals surface area contributed by atoms with Crippen molar-refractivity contribution in [3.8, 4) is 0 Å². The highest BCUT2D eigenvalue weighted by molar-refractivity contribution is 5.29. The first-order valence-corrected chi connectivity index (χ1v) is 4.44. The molecule has 70 valence electrons. The van der Waals surface area contributed by atoms with Gasteiger partial charge in [0.2, 0.25) is 0 Å². The van der Waals surface area contributed by atoms with Gasteiger partial charge in [0.15, 0.2) is 0 Å². The number of rotatable bonds is 2. The summed E-state index contributed by atoms with van der Waals surface area (Å²) >= 11 is 0. The van der Waals surface area contributed by atoms with Gasteiger partial charge in [0.05, 0.1) is 6.61 Å². The van der Waals surface area contributed by atoms with Crippen molar-refractivity contribution in [2.24, 2.45) is 11.3 Å². The van der Waals surface area contributed by atoms with Gasteiger partial charge in [0.1, 0.15) is 0 Å². The van der Waals surface area contributed by atoms with Crippen molar-refractivity contribution >= 4 is 0 Å². The average molecular weight is 170 g/mol. The molecule has 12 heavy (non-hydrogen) atoms. The van der Waals surface area contributed by atoms with Crippen molar-refractivity contribution in [1.29, 1.82) is 0 Å². The van der Waals surface area contributed by atoms with Crippen LogP contribution < -0.4 is 0 Å². The van der Waals surface area contributed by atoms with Crippen molar-refractivity contribution in [3.05, 3.63) is 11.1 Å². The van der Waals surface area contributed by atoms with Gasteiger partial charge in [-0.3, -0.25) is 0 Å². The Kier molecular flexibility index (Phi) is 2.59.